The van der Waals surface area contributed by atoms with E-state index >= 15 is 0 Å². The van der Waals surface area contributed by atoms with Crippen LogP contribution < -0.4 is 16.0 Å². The van der Waals surface area contributed by atoms with Crippen LogP contribution in [0.4, 0.5) is 16.3 Å². The predicted octanol–water partition coefficient (Wildman–Crippen LogP) is 6.27. The summed E-state index contributed by atoms with van der Waals surface area (Å²) in [7, 11) is 1.89. The normalized spacial score (nSPS) is 11.2. The zero-order valence-electron chi connectivity index (χ0n) is 30.0. The first-order valence-electron chi connectivity index (χ1n) is 17.5. The number of rotatable bonds is 19. The number of nitrogens with one attached hydrogen (secondary N) is 1. The molecule has 14 nitrogen and oxygen atoms in total. The fourth-order valence-corrected chi connectivity index (χ4v) is 5.18. The number of pyridine rings is 1. The summed E-state index contributed by atoms with van der Waals surface area (Å²) in [6, 6.07) is 17.6. The van der Waals surface area contributed by atoms with Gasteiger partial charge in [-0.15, -0.1) is 0 Å². The molecule has 0 spiro atoms. The van der Waals surface area contributed by atoms with E-state index in [-0.39, 0.29) is 31.1 Å². The number of nitrogens with zero attached hydrogens (tertiary/aromatic N) is 5. The highest BCUT2D eigenvalue weighted by Gasteiger charge is 2.22. The predicted molar refractivity (Wildman–Crippen MR) is 198 cm³/mol. The van der Waals surface area contributed by atoms with E-state index in [0.29, 0.717) is 42.0 Å². The van der Waals surface area contributed by atoms with E-state index in [1.54, 1.807) is 48.7 Å². The van der Waals surface area contributed by atoms with Crippen LogP contribution in [0.5, 0.6) is 0 Å². The van der Waals surface area contributed by atoms with Crippen LogP contribution in [-0.4, -0.2) is 64.3 Å². The van der Waals surface area contributed by atoms with Gasteiger partial charge in [0.25, 0.3) is 5.91 Å². The van der Waals surface area contributed by atoms with Crippen LogP contribution in [0, 0.1) is 0 Å². The Balaban J connectivity index is 1.37. The second-order valence-corrected chi connectivity index (χ2v) is 12.0. The lowest BCUT2D eigenvalue weighted by molar-refractivity contribution is -0.167. The Morgan fingerprint density at radius 3 is 2.31 bits per heavy atom. The molecule has 3 N–H and O–H groups in total. The third-order valence-electron chi connectivity index (χ3n) is 8.17. The number of carbonyl (C=O) groups excluding carboxylic acids is 4. The highest BCUT2D eigenvalue weighted by atomic mass is 16.7. The molecule has 2 aromatic heterocycles. The van der Waals surface area contributed by atoms with Crippen molar-refractivity contribution >= 4 is 52.3 Å². The molecule has 276 valence electrons. The van der Waals surface area contributed by atoms with E-state index in [2.05, 4.69) is 22.2 Å². The summed E-state index contributed by atoms with van der Waals surface area (Å²) in [5, 5.41) is 3.34. The number of fused-ring (bicyclic) bond motifs is 1. The molecule has 0 radical (unpaired) electrons. The number of anilines is 2. The fraction of sp³-hybridized carbons (Fsp3) is 0.395. The molecule has 52 heavy (non-hydrogen) atoms. The van der Waals surface area contributed by atoms with Crippen LogP contribution in [0.25, 0.3) is 11.0 Å². The standard InChI is InChI=1S/C38H47N7O7/c1-4-6-8-11-23-50-38(49)43-36(39)27-14-17-29(18-15-27)41-25-33-42-30-24-28(16-19-31(30)44(33)3)37(48)45(32-12-9-10-21-40-32)22-20-35(47)52-26-51-34(46)13-7-5-2/h9-10,12,14-19,21,24,41H,4-8,11,13,20,22-23,25-26H2,1-3H3,(H2,39,43,49). The van der Waals surface area contributed by atoms with Gasteiger partial charge in [-0.3, -0.25) is 19.3 Å². The highest BCUT2D eigenvalue weighted by Crippen LogP contribution is 2.21. The van der Waals surface area contributed by atoms with E-state index in [1.807, 2.05) is 36.7 Å². The van der Waals surface area contributed by atoms with Crippen molar-refractivity contribution in [3.63, 3.8) is 0 Å². The maximum Gasteiger partial charge on any atom is 0.435 e. The smallest absolute Gasteiger partial charge is 0.435 e. The number of carbonyl (C=O) groups is 4. The van der Waals surface area contributed by atoms with Crippen molar-refractivity contribution in [3.8, 4) is 0 Å². The van der Waals surface area contributed by atoms with E-state index < -0.39 is 24.8 Å². The molecule has 0 bridgehead atoms. The number of ether oxygens (including phenoxy) is 3. The van der Waals surface area contributed by atoms with Crippen molar-refractivity contribution in [2.75, 3.05) is 30.2 Å². The van der Waals surface area contributed by atoms with Gasteiger partial charge in [0.05, 0.1) is 30.6 Å². The van der Waals surface area contributed by atoms with Crippen LogP contribution in [0.2, 0.25) is 0 Å². The van der Waals surface area contributed by atoms with Gasteiger partial charge in [0.15, 0.2) is 0 Å². The molecular weight excluding hydrogens is 666 g/mol. The molecule has 4 rings (SSSR count). The lowest BCUT2D eigenvalue weighted by atomic mass is 10.1. The van der Waals surface area contributed by atoms with Crippen molar-refractivity contribution < 1.29 is 33.4 Å². The third kappa shape index (κ3) is 11.6. The number of amides is 2. The van der Waals surface area contributed by atoms with E-state index in [0.717, 1.165) is 49.1 Å². The Hall–Kier alpha value is -5.79. The Kier molecular flexibility index (Phi) is 15.1. The van der Waals surface area contributed by atoms with E-state index in [9.17, 15) is 19.2 Å². The topological polar surface area (TPSA) is 180 Å². The largest absolute Gasteiger partial charge is 0.448 e. The average molecular weight is 714 g/mol. The third-order valence-corrected chi connectivity index (χ3v) is 8.17. The van der Waals surface area contributed by atoms with Gasteiger partial charge in [0.1, 0.15) is 17.5 Å². The number of nitrogens with two attached hydrogens (primary N) is 1. The number of hydrogen-bond donors (Lipinski definition) is 2. The number of benzene rings is 2. The minimum absolute atomic E-state index is 0.00656. The Labute approximate surface area is 303 Å². The van der Waals surface area contributed by atoms with E-state index in [1.165, 1.54) is 4.90 Å². The van der Waals surface area contributed by atoms with Crippen molar-refractivity contribution in [3.05, 3.63) is 83.8 Å². The summed E-state index contributed by atoms with van der Waals surface area (Å²) < 4.78 is 17.1. The van der Waals surface area contributed by atoms with E-state index in [4.69, 9.17) is 24.9 Å². The van der Waals surface area contributed by atoms with Gasteiger partial charge in [-0.2, -0.15) is 4.99 Å². The number of amidine groups is 1. The van der Waals surface area contributed by atoms with Crippen LogP contribution in [0.15, 0.2) is 71.9 Å². The summed E-state index contributed by atoms with van der Waals surface area (Å²) >= 11 is 0. The maximum atomic E-state index is 13.8. The molecule has 2 aromatic carbocycles. The molecule has 0 atom stereocenters. The summed E-state index contributed by atoms with van der Waals surface area (Å²) in [5.74, 6) is -0.242. The summed E-state index contributed by atoms with van der Waals surface area (Å²) in [4.78, 5) is 64.3. The number of esters is 2. The van der Waals surface area contributed by atoms with Gasteiger partial charge >= 0.3 is 18.0 Å². The highest BCUT2D eigenvalue weighted by molar-refractivity contribution is 6.07. The van der Waals surface area contributed by atoms with Gasteiger partial charge in [0, 0.05) is 43.0 Å². The van der Waals surface area contributed by atoms with Gasteiger partial charge < -0.3 is 29.8 Å². The number of hydrogen-bond acceptors (Lipinski definition) is 10. The summed E-state index contributed by atoms with van der Waals surface area (Å²) in [5.41, 5.74) is 9.23. The molecule has 14 heteroatoms. The number of unbranched alkanes of at least 4 members (excludes halogenated alkanes) is 4. The molecule has 4 aromatic rings. The lowest BCUT2D eigenvalue weighted by Gasteiger charge is -2.21. The van der Waals surface area contributed by atoms with Gasteiger partial charge in [-0.05, 0) is 67.4 Å². The number of aromatic nitrogens is 3. The molecule has 0 saturated heterocycles. The average Bonchev–Trinajstić information content (AvgIpc) is 3.47. The zero-order valence-corrected chi connectivity index (χ0v) is 30.0. The second kappa shape index (κ2) is 20.2. The fourth-order valence-electron chi connectivity index (χ4n) is 5.18. The number of aliphatic imine (C=N–C) groups is 1. The quantitative estimate of drug-likeness (QED) is 0.0367. The number of aryl methyl sites for hydroxylation is 1. The molecule has 2 amide bonds. The van der Waals surface area contributed by atoms with Crippen molar-refractivity contribution in [2.45, 2.75) is 71.8 Å². The lowest BCUT2D eigenvalue weighted by Crippen LogP contribution is -2.34. The Bertz CT molecular complexity index is 1820. The summed E-state index contributed by atoms with van der Waals surface area (Å²) in [6.07, 6.45) is 6.53. The Morgan fingerprint density at radius 1 is 0.865 bits per heavy atom. The second-order valence-electron chi connectivity index (χ2n) is 12.0. The van der Waals surface area contributed by atoms with Gasteiger partial charge in [-0.1, -0.05) is 45.6 Å². The number of imidazole rings is 1. The van der Waals surface area contributed by atoms with Crippen molar-refractivity contribution in [2.24, 2.45) is 17.8 Å². The first kappa shape index (κ1) is 39.0. The molecular formula is C38H47N7O7. The molecule has 0 aliphatic carbocycles. The van der Waals surface area contributed by atoms with Crippen molar-refractivity contribution in [1.29, 1.82) is 0 Å². The molecule has 2 heterocycles. The molecule has 0 fully saturated rings. The minimum atomic E-state index is -0.703. The molecule has 0 aliphatic heterocycles. The first-order valence-corrected chi connectivity index (χ1v) is 17.5. The minimum Gasteiger partial charge on any atom is -0.448 e. The van der Waals surface area contributed by atoms with Crippen LogP contribution in [0.3, 0.4) is 0 Å². The molecule has 0 saturated carbocycles. The monoisotopic (exact) mass is 713 g/mol. The SMILES string of the molecule is CCCCCCOC(=O)/N=C(/N)c1ccc(NCc2nc3cc(C(=O)N(CCC(=O)OCOC(=O)CCCC)c4ccccn4)ccc3n2C)cc1. The zero-order chi connectivity index (χ0) is 37.3. The Morgan fingerprint density at radius 2 is 1.60 bits per heavy atom. The van der Waals surface area contributed by atoms with Crippen LogP contribution in [-0.2, 0) is 37.4 Å². The summed E-state index contributed by atoms with van der Waals surface area (Å²) in [6.45, 7) is 4.31. The molecule has 0 unspecified atom stereocenters. The molecule has 0 aliphatic rings. The first-order chi connectivity index (χ1) is 25.2. The van der Waals surface area contributed by atoms with Crippen LogP contribution >= 0.6 is 0 Å². The maximum absolute atomic E-state index is 13.8. The van der Waals surface area contributed by atoms with Gasteiger partial charge in [-0.25, -0.2) is 14.8 Å². The van der Waals surface area contributed by atoms with Crippen molar-refractivity contribution in [1.82, 2.24) is 14.5 Å². The van der Waals surface area contributed by atoms with Crippen LogP contribution in [0.1, 0.15) is 87.0 Å². The van der Waals surface area contributed by atoms with Gasteiger partial charge in [0.2, 0.25) is 6.79 Å².